The Balaban J connectivity index is 2.49. The molecule has 0 saturated carbocycles. The minimum Gasteiger partial charge on any atom is -0.264 e. The highest BCUT2D eigenvalue weighted by molar-refractivity contribution is 7.91. The highest BCUT2D eigenvalue weighted by Crippen LogP contribution is 2.29. The molecule has 5 heteroatoms. The second kappa shape index (κ2) is 5.21. The standard InChI is InChI=1S/C14H13N2O2S/c1-11-5-7-13(8-6-11)19(17,18)14(15-2)12-4-3-9-16-10-12/h2-10,14H,1H3/q+1. The summed E-state index contributed by atoms with van der Waals surface area (Å²) >= 11 is 0. The van der Waals surface area contributed by atoms with Crippen LogP contribution in [-0.2, 0) is 9.84 Å². The van der Waals surface area contributed by atoms with Crippen LogP contribution in [0.2, 0.25) is 0 Å². The largest absolute Gasteiger partial charge is 0.399 e. The van der Waals surface area contributed by atoms with Crippen molar-refractivity contribution >= 4 is 9.84 Å². The van der Waals surface area contributed by atoms with Gasteiger partial charge in [0.25, 0.3) is 16.4 Å². The third-order valence-electron chi connectivity index (χ3n) is 2.75. The highest BCUT2D eigenvalue weighted by Gasteiger charge is 2.37. The number of rotatable bonds is 3. The van der Waals surface area contributed by atoms with Crippen LogP contribution in [-0.4, -0.2) is 13.4 Å². The van der Waals surface area contributed by atoms with Crippen molar-refractivity contribution in [1.82, 2.24) is 4.98 Å². The molecule has 1 aromatic heterocycles. The van der Waals surface area contributed by atoms with E-state index in [0.717, 1.165) is 5.56 Å². The SMILES string of the molecule is C#[N+]C(c1cccnc1)S(=O)(=O)c1ccc(C)cc1. The van der Waals surface area contributed by atoms with Gasteiger partial charge >= 0.3 is 5.37 Å². The Bertz CT molecular complexity index is 701. The Hall–Kier alpha value is -2.19. The summed E-state index contributed by atoms with van der Waals surface area (Å²) in [4.78, 5) is 7.59. The second-order valence-electron chi connectivity index (χ2n) is 4.15. The van der Waals surface area contributed by atoms with Gasteiger partial charge in [-0.05, 0) is 31.2 Å². The number of pyridine rings is 1. The van der Waals surface area contributed by atoms with E-state index in [0.29, 0.717) is 5.56 Å². The third kappa shape index (κ3) is 2.64. The molecule has 2 rings (SSSR count). The molecule has 0 radical (unpaired) electrons. The van der Waals surface area contributed by atoms with Gasteiger partial charge in [0.15, 0.2) is 0 Å². The minimum absolute atomic E-state index is 0.196. The first-order valence-corrected chi connectivity index (χ1v) is 7.21. The molecule has 0 N–H and O–H groups in total. The molecule has 19 heavy (non-hydrogen) atoms. The lowest BCUT2D eigenvalue weighted by molar-refractivity contribution is 0.590. The molecular formula is C14H13N2O2S+. The molecule has 4 nitrogen and oxygen atoms in total. The van der Waals surface area contributed by atoms with Crippen LogP contribution in [0, 0.1) is 13.5 Å². The predicted octanol–water partition coefficient (Wildman–Crippen LogP) is 2.83. The molecule has 0 aliphatic heterocycles. The Morgan fingerprint density at radius 2 is 1.89 bits per heavy atom. The number of hydrogen-bond donors (Lipinski definition) is 0. The van der Waals surface area contributed by atoms with E-state index in [4.69, 9.17) is 6.57 Å². The van der Waals surface area contributed by atoms with Crippen LogP contribution in [0.5, 0.6) is 0 Å². The zero-order valence-electron chi connectivity index (χ0n) is 10.4. The fourth-order valence-corrected chi connectivity index (χ4v) is 3.16. The zero-order chi connectivity index (χ0) is 13.9. The average Bonchev–Trinajstić information content (AvgIpc) is 2.41. The molecule has 0 saturated heterocycles. The van der Waals surface area contributed by atoms with Crippen LogP contribution in [0.3, 0.4) is 0 Å². The number of sulfone groups is 1. The van der Waals surface area contributed by atoms with Crippen LogP contribution < -0.4 is 0 Å². The van der Waals surface area contributed by atoms with Gasteiger partial charge in [-0.15, -0.1) is 0 Å². The molecule has 0 bridgehead atoms. The summed E-state index contributed by atoms with van der Waals surface area (Å²) in [7, 11) is -3.65. The summed E-state index contributed by atoms with van der Waals surface area (Å²) in [5.74, 6) is 0. The molecule has 1 unspecified atom stereocenters. The van der Waals surface area contributed by atoms with Crippen molar-refractivity contribution in [3.05, 3.63) is 64.8 Å². The monoisotopic (exact) mass is 273 g/mol. The predicted molar refractivity (Wildman–Crippen MR) is 73.6 cm³/mol. The molecule has 1 atom stereocenters. The van der Waals surface area contributed by atoms with E-state index in [1.165, 1.54) is 6.20 Å². The highest BCUT2D eigenvalue weighted by atomic mass is 32.2. The molecule has 0 spiro atoms. The van der Waals surface area contributed by atoms with Gasteiger partial charge < -0.3 is 0 Å². The molecule has 0 amide bonds. The summed E-state index contributed by atoms with van der Waals surface area (Å²) in [6, 6.07) is 9.88. The molecule has 0 aliphatic carbocycles. The molecule has 1 aromatic carbocycles. The summed E-state index contributed by atoms with van der Waals surface area (Å²) in [5, 5.41) is -1.14. The van der Waals surface area contributed by atoms with E-state index >= 15 is 0 Å². The van der Waals surface area contributed by atoms with Gasteiger partial charge in [0, 0.05) is 12.4 Å². The third-order valence-corrected chi connectivity index (χ3v) is 4.66. The fraction of sp³-hybridized carbons (Fsp3) is 0.143. The van der Waals surface area contributed by atoms with Gasteiger partial charge in [-0.2, -0.15) is 0 Å². The second-order valence-corrected chi connectivity index (χ2v) is 6.15. The van der Waals surface area contributed by atoms with E-state index in [1.54, 1.807) is 42.6 Å². The lowest BCUT2D eigenvalue weighted by Gasteiger charge is -2.05. The Morgan fingerprint density at radius 1 is 1.21 bits per heavy atom. The van der Waals surface area contributed by atoms with Gasteiger partial charge in [-0.25, -0.2) is 8.42 Å². The smallest absolute Gasteiger partial charge is 0.264 e. The first kappa shape index (κ1) is 13.2. The van der Waals surface area contributed by atoms with Crippen LogP contribution >= 0.6 is 0 Å². The van der Waals surface area contributed by atoms with Gasteiger partial charge in [0.05, 0.1) is 10.5 Å². The van der Waals surface area contributed by atoms with Crippen molar-refractivity contribution in [2.75, 3.05) is 0 Å². The average molecular weight is 273 g/mol. The van der Waals surface area contributed by atoms with Gasteiger partial charge in [0.2, 0.25) is 0 Å². The summed E-state index contributed by atoms with van der Waals surface area (Å²) < 4.78 is 24.9. The Morgan fingerprint density at radius 3 is 2.42 bits per heavy atom. The maximum absolute atomic E-state index is 12.5. The van der Waals surface area contributed by atoms with Crippen LogP contribution in [0.15, 0.2) is 53.7 Å². The molecule has 0 fully saturated rings. The van der Waals surface area contributed by atoms with Crippen LogP contribution in [0.25, 0.3) is 4.85 Å². The van der Waals surface area contributed by atoms with E-state index in [1.807, 2.05) is 6.92 Å². The minimum atomic E-state index is -3.65. The Labute approximate surface area is 112 Å². The van der Waals surface area contributed by atoms with E-state index < -0.39 is 15.2 Å². The number of hydrogen-bond acceptors (Lipinski definition) is 3. The summed E-state index contributed by atoms with van der Waals surface area (Å²) in [5.41, 5.74) is 1.44. The normalized spacial score (nSPS) is 12.6. The van der Waals surface area contributed by atoms with E-state index in [-0.39, 0.29) is 4.90 Å². The van der Waals surface area contributed by atoms with Gasteiger partial charge in [-0.3, -0.25) is 4.98 Å². The van der Waals surface area contributed by atoms with Gasteiger partial charge in [-0.1, -0.05) is 22.5 Å². The number of aryl methyl sites for hydroxylation is 1. The zero-order valence-corrected chi connectivity index (χ0v) is 11.2. The fourth-order valence-electron chi connectivity index (χ4n) is 1.72. The lowest BCUT2D eigenvalue weighted by atomic mass is 10.2. The number of benzene rings is 1. The van der Waals surface area contributed by atoms with Crippen molar-refractivity contribution in [1.29, 1.82) is 0 Å². The quantitative estimate of drug-likeness (QED) is 0.864. The summed E-state index contributed by atoms with van der Waals surface area (Å²) in [6.45, 7) is 7.17. The van der Waals surface area contributed by atoms with Crippen molar-refractivity contribution in [3.63, 3.8) is 0 Å². The van der Waals surface area contributed by atoms with Crippen LogP contribution in [0.4, 0.5) is 0 Å². The van der Waals surface area contributed by atoms with Crippen molar-refractivity contribution < 1.29 is 8.42 Å². The Kier molecular flexibility index (Phi) is 3.63. The maximum Gasteiger partial charge on any atom is 0.399 e. The molecule has 2 aromatic rings. The number of nitrogens with zero attached hydrogens (tertiary/aromatic N) is 2. The molecule has 1 heterocycles. The topological polar surface area (TPSA) is 51.4 Å². The first-order valence-electron chi connectivity index (χ1n) is 5.66. The maximum atomic E-state index is 12.5. The molecular weight excluding hydrogens is 260 g/mol. The molecule has 96 valence electrons. The van der Waals surface area contributed by atoms with Crippen molar-refractivity contribution in [2.24, 2.45) is 0 Å². The number of aromatic nitrogens is 1. The van der Waals surface area contributed by atoms with Crippen molar-refractivity contribution in [2.45, 2.75) is 17.2 Å². The van der Waals surface area contributed by atoms with Crippen molar-refractivity contribution in [3.8, 4) is 6.57 Å². The van der Waals surface area contributed by atoms with Crippen LogP contribution in [0.1, 0.15) is 16.5 Å². The lowest BCUT2D eigenvalue weighted by Crippen LogP contribution is -2.10. The van der Waals surface area contributed by atoms with Gasteiger partial charge in [0.1, 0.15) is 0 Å². The van der Waals surface area contributed by atoms with E-state index in [2.05, 4.69) is 9.83 Å². The first-order chi connectivity index (χ1) is 9.05. The summed E-state index contributed by atoms with van der Waals surface area (Å²) in [6.07, 6.45) is 3.02. The molecule has 0 aliphatic rings. The van der Waals surface area contributed by atoms with E-state index in [9.17, 15) is 8.42 Å².